The van der Waals surface area contributed by atoms with Crippen LogP contribution in [0.3, 0.4) is 0 Å². The van der Waals surface area contributed by atoms with E-state index in [1.165, 1.54) is 36.8 Å². The van der Waals surface area contributed by atoms with Crippen molar-refractivity contribution in [2.75, 3.05) is 7.11 Å². The third-order valence-electron chi connectivity index (χ3n) is 5.52. The number of methoxy groups -OCH3 is 1. The molecule has 1 aromatic carbocycles. The SMILES string of the molecule is COc1ccc(CNC(C)C2CC3CCC2C3)cc1C. The Kier molecular flexibility index (Phi) is 4.02. The summed E-state index contributed by atoms with van der Waals surface area (Å²) >= 11 is 0. The Hall–Kier alpha value is -1.02. The van der Waals surface area contributed by atoms with E-state index >= 15 is 0 Å². The quantitative estimate of drug-likeness (QED) is 0.878. The normalized spacial score (nSPS) is 29.6. The average molecular weight is 273 g/mol. The average Bonchev–Trinajstić information content (AvgIpc) is 3.07. The number of benzene rings is 1. The second kappa shape index (κ2) is 5.77. The molecular weight excluding hydrogens is 246 g/mol. The minimum absolute atomic E-state index is 0.646. The van der Waals surface area contributed by atoms with E-state index < -0.39 is 0 Å². The summed E-state index contributed by atoms with van der Waals surface area (Å²) in [5.74, 6) is 3.93. The first-order valence-electron chi connectivity index (χ1n) is 8.04. The molecule has 4 unspecified atom stereocenters. The van der Waals surface area contributed by atoms with Crippen LogP contribution >= 0.6 is 0 Å². The van der Waals surface area contributed by atoms with Gasteiger partial charge in [0, 0.05) is 12.6 Å². The molecule has 3 rings (SSSR count). The summed E-state index contributed by atoms with van der Waals surface area (Å²) in [6.45, 7) is 5.46. The van der Waals surface area contributed by atoms with Gasteiger partial charge in [-0.25, -0.2) is 0 Å². The fraction of sp³-hybridized carbons (Fsp3) is 0.667. The summed E-state index contributed by atoms with van der Waals surface area (Å²) in [6.07, 6.45) is 5.92. The first-order chi connectivity index (χ1) is 9.67. The van der Waals surface area contributed by atoms with E-state index in [9.17, 15) is 0 Å². The predicted molar refractivity (Wildman–Crippen MR) is 83.0 cm³/mol. The molecule has 2 aliphatic carbocycles. The van der Waals surface area contributed by atoms with Gasteiger partial charge in [0.2, 0.25) is 0 Å². The van der Waals surface area contributed by atoms with Gasteiger partial charge in [-0.3, -0.25) is 0 Å². The first kappa shape index (κ1) is 13.9. The molecule has 0 amide bonds. The highest BCUT2D eigenvalue weighted by atomic mass is 16.5. The van der Waals surface area contributed by atoms with Crippen LogP contribution < -0.4 is 10.1 Å². The molecule has 2 heteroatoms. The van der Waals surface area contributed by atoms with Gasteiger partial charge in [0.15, 0.2) is 0 Å². The van der Waals surface area contributed by atoms with Crippen LogP contribution in [-0.4, -0.2) is 13.2 Å². The summed E-state index contributed by atoms with van der Waals surface area (Å²) in [5.41, 5.74) is 2.58. The van der Waals surface area contributed by atoms with Crippen molar-refractivity contribution < 1.29 is 4.74 Å². The molecule has 1 aromatic rings. The Bertz CT molecular complexity index is 470. The lowest BCUT2D eigenvalue weighted by atomic mass is 9.84. The summed E-state index contributed by atoms with van der Waals surface area (Å²) in [6, 6.07) is 7.13. The van der Waals surface area contributed by atoms with Crippen LogP contribution in [0, 0.1) is 24.7 Å². The zero-order valence-electron chi connectivity index (χ0n) is 13.0. The second-order valence-corrected chi connectivity index (χ2v) is 6.81. The molecule has 0 spiro atoms. The Morgan fingerprint density at radius 3 is 2.75 bits per heavy atom. The maximum absolute atomic E-state index is 5.32. The van der Waals surface area contributed by atoms with Crippen LogP contribution in [0.15, 0.2) is 18.2 Å². The molecule has 0 radical (unpaired) electrons. The van der Waals surface area contributed by atoms with Gasteiger partial charge in [-0.2, -0.15) is 0 Å². The minimum atomic E-state index is 0.646. The van der Waals surface area contributed by atoms with E-state index in [-0.39, 0.29) is 0 Å². The fourth-order valence-electron chi connectivity index (χ4n) is 4.39. The van der Waals surface area contributed by atoms with Crippen molar-refractivity contribution >= 4 is 0 Å². The highest BCUT2D eigenvalue weighted by Gasteiger charge is 2.41. The minimum Gasteiger partial charge on any atom is -0.496 e. The lowest BCUT2D eigenvalue weighted by Gasteiger charge is -2.28. The van der Waals surface area contributed by atoms with Gasteiger partial charge >= 0.3 is 0 Å². The van der Waals surface area contributed by atoms with E-state index in [0.29, 0.717) is 6.04 Å². The van der Waals surface area contributed by atoms with Gasteiger partial charge < -0.3 is 10.1 Å². The van der Waals surface area contributed by atoms with Crippen LogP contribution in [0.5, 0.6) is 5.75 Å². The van der Waals surface area contributed by atoms with Gasteiger partial charge in [-0.15, -0.1) is 0 Å². The molecular formula is C18H27NO. The Labute approximate surface area is 122 Å². The summed E-state index contributed by atoms with van der Waals surface area (Å²) in [5, 5.41) is 3.75. The van der Waals surface area contributed by atoms with Crippen LogP contribution in [0.4, 0.5) is 0 Å². The van der Waals surface area contributed by atoms with Crippen LogP contribution in [-0.2, 0) is 6.54 Å². The highest BCUT2D eigenvalue weighted by molar-refractivity contribution is 5.36. The van der Waals surface area contributed by atoms with Crippen LogP contribution in [0.25, 0.3) is 0 Å². The van der Waals surface area contributed by atoms with Crippen molar-refractivity contribution in [1.82, 2.24) is 5.32 Å². The molecule has 2 saturated carbocycles. The lowest BCUT2D eigenvalue weighted by Crippen LogP contribution is -2.35. The van der Waals surface area contributed by atoms with Gasteiger partial charge in [-0.1, -0.05) is 18.6 Å². The monoisotopic (exact) mass is 273 g/mol. The zero-order valence-corrected chi connectivity index (χ0v) is 13.0. The van der Waals surface area contributed by atoms with Gasteiger partial charge in [-0.05, 0) is 68.1 Å². The molecule has 2 bridgehead atoms. The van der Waals surface area contributed by atoms with E-state index in [2.05, 4.69) is 37.4 Å². The lowest BCUT2D eigenvalue weighted by molar-refractivity contribution is 0.259. The maximum atomic E-state index is 5.32. The van der Waals surface area contributed by atoms with E-state index in [4.69, 9.17) is 4.74 Å². The molecule has 4 atom stereocenters. The molecule has 0 aliphatic heterocycles. The molecule has 2 nitrogen and oxygen atoms in total. The molecule has 2 aliphatic rings. The number of fused-ring (bicyclic) bond motifs is 2. The maximum Gasteiger partial charge on any atom is 0.121 e. The number of aryl methyl sites for hydroxylation is 1. The predicted octanol–water partition coefficient (Wildman–Crippen LogP) is 3.92. The van der Waals surface area contributed by atoms with Gasteiger partial charge in [0.25, 0.3) is 0 Å². The van der Waals surface area contributed by atoms with E-state index in [1.807, 2.05) is 0 Å². The van der Waals surface area contributed by atoms with Crippen LogP contribution in [0.2, 0.25) is 0 Å². The van der Waals surface area contributed by atoms with Crippen LogP contribution in [0.1, 0.15) is 43.7 Å². The first-order valence-corrected chi connectivity index (χ1v) is 8.04. The van der Waals surface area contributed by atoms with Crippen molar-refractivity contribution in [3.8, 4) is 5.75 Å². The summed E-state index contributed by atoms with van der Waals surface area (Å²) in [7, 11) is 1.73. The molecule has 20 heavy (non-hydrogen) atoms. The number of hydrogen-bond acceptors (Lipinski definition) is 2. The topological polar surface area (TPSA) is 21.3 Å². The summed E-state index contributed by atoms with van der Waals surface area (Å²) < 4.78 is 5.32. The number of ether oxygens (including phenoxy) is 1. The van der Waals surface area contributed by atoms with Crippen molar-refractivity contribution in [2.24, 2.45) is 17.8 Å². The second-order valence-electron chi connectivity index (χ2n) is 6.81. The van der Waals surface area contributed by atoms with Crippen molar-refractivity contribution in [3.05, 3.63) is 29.3 Å². The van der Waals surface area contributed by atoms with E-state index in [1.54, 1.807) is 7.11 Å². The van der Waals surface area contributed by atoms with Gasteiger partial charge in [0.05, 0.1) is 7.11 Å². The largest absolute Gasteiger partial charge is 0.496 e. The third kappa shape index (κ3) is 2.71. The molecule has 0 saturated heterocycles. The molecule has 2 fully saturated rings. The smallest absolute Gasteiger partial charge is 0.121 e. The van der Waals surface area contributed by atoms with Gasteiger partial charge in [0.1, 0.15) is 5.75 Å². The number of nitrogens with one attached hydrogen (secondary N) is 1. The van der Waals surface area contributed by atoms with E-state index in [0.717, 1.165) is 30.0 Å². The summed E-state index contributed by atoms with van der Waals surface area (Å²) in [4.78, 5) is 0. The van der Waals surface area contributed by atoms with Crippen molar-refractivity contribution in [2.45, 2.75) is 52.1 Å². The number of rotatable bonds is 5. The molecule has 0 heterocycles. The van der Waals surface area contributed by atoms with Crippen molar-refractivity contribution in [3.63, 3.8) is 0 Å². The Balaban J connectivity index is 1.55. The Morgan fingerprint density at radius 2 is 2.15 bits per heavy atom. The standard InChI is InChI=1S/C18H27NO/c1-12-8-15(5-7-18(12)20-3)11-19-13(2)17-10-14-4-6-16(17)9-14/h5,7-8,13-14,16-17,19H,4,6,9-11H2,1-3H3. The molecule has 110 valence electrons. The highest BCUT2D eigenvalue weighted by Crippen LogP contribution is 2.49. The zero-order chi connectivity index (χ0) is 14.1. The number of hydrogen-bond donors (Lipinski definition) is 1. The Morgan fingerprint density at radius 1 is 1.30 bits per heavy atom. The fourth-order valence-corrected chi connectivity index (χ4v) is 4.39. The molecule has 0 aromatic heterocycles. The van der Waals surface area contributed by atoms with Crippen molar-refractivity contribution in [1.29, 1.82) is 0 Å². The third-order valence-corrected chi connectivity index (χ3v) is 5.52. The molecule has 1 N–H and O–H groups in total.